The molecule has 0 saturated carbocycles. The van der Waals surface area contributed by atoms with E-state index in [1.54, 1.807) is 0 Å². The number of carbonyl (C=O) groups is 1. The summed E-state index contributed by atoms with van der Waals surface area (Å²) in [5.74, 6) is 0.391. The molecule has 0 aliphatic carbocycles. The van der Waals surface area contributed by atoms with Crippen LogP contribution in [0.5, 0.6) is 0 Å². The summed E-state index contributed by atoms with van der Waals surface area (Å²) in [6, 6.07) is 2.07. The molecule has 1 aliphatic heterocycles. The predicted octanol–water partition coefficient (Wildman–Crippen LogP) is 1.87. The first-order chi connectivity index (χ1) is 9.11. The highest BCUT2D eigenvalue weighted by atomic mass is 16.1. The van der Waals surface area contributed by atoms with Gasteiger partial charge in [0.15, 0.2) is 0 Å². The monoisotopic (exact) mass is 263 g/mol. The zero-order chi connectivity index (χ0) is 13.9. The van der Waals surface area contributed by atoms with Crippen LogP contribution < -0.4 is 5.32 Å². The first-order valence-electron chi connectivity index (χ1n) is 7.37. The van der Waals surface area contributed by atoms with Crippen LogP contribution in [-0.2, 0) is 24.7 Å². The van der Waals surface area contributed by atoms with Crippen LogP contribution in [0.15, 0.2) is 6.07 Å². The molecule has 106 valence electrons. The third kappa shape index (κ3) is 2.89. The highest BCUT2D eigenvalue weighted by molar-refractivity contribution is 5.86. The molecule has 0 spiro atoms. The fraction of sp³-hybridized carbons (Fsp3) is 0.733. The van der Waals surface area contributed by atoms with E-state index >= 15 is 0 Å². The first kappa shape index (κ1) is 14.3. The molecule has 0 radical (unpaired) electrons. The maximum Gasteiger partial charge on any atom is 0.145 e. The molecule has 0 bridgehead atoms. The Morgan fingerprint density at radius 3 is 2.63 bits per heavy atom. The molecule has 1 fully saturated rings. The van der Waals surface area contributed by atoms with Gasteiger partial charge >= 0.3 is 0 Å². The lowest BCUT2D eigenvalue weighted by molar-refractivity contribution is -0.130. The zero-order valence-electron chi connectivity index (χ0n) is 12.3. The summed E-state index contributed by atoms with van der Waals surface area (Å²) < 4.78 is 1.86. The van der Waals surface area contributed by atoms with Crippen LogP contribution in [0.1, 0.15) is 44.5 Å². The van der Waals surface area contributed by atoms with Crippen LogP contribution in [0.2, 0.25) is 0 Å². The van der Waals surface area contributed by atoms with Crippen molar-refractivity contribution in [3.63, 3.8) is 0 Å². The summed E-state index contributed by atoms with van der Waals surface area (Å²) in [5.41, 5.74) is 2.01. The highest BCUT2D eigenvalue weighted by Gasteiger charge is 2.37. The van der Waals surface area contributed by atoms with Gasteiger partial charge in [0.1, 0.15) is 5.78 Å². The Kier molecular flexibility index (Phi) is 4.40. The molecule has 1 aromatic heterocycles. The van der Waals surface area contributed by atoms with Crippen molar-refractivity contribution in [3.05, 3.63) is 17.5 Å². The van der Waals surface area contributed by atoms with E-state index in [0.29, 0.717) is 12.2 Å². The fourth-order valence-electron chi connectivity index (χ4n) is 3.00. The number of carbonyl (C=O) groups excluding carboxylic acids is 1. The smallest absolute Gasteiger partial charge is 0.145 e. The van der Waals surface area contributed by atoms with Gasteiger partial charge in [-0.1, -0.05) is 13.8 Å². The molecule has 0 aromatic carbocycles. The number of hydrogen-bond donors (Lipinski definition) is 1. The minimum absolute atomic E-state index is 0.109. The summed E-state index contributed by atoms with van der Waals surface area (Å²) in [7, 11) is 1.93. The standard InChI is InChI=1S/C15H25N3O/c1-4-12-10-13(18(3)17-12)11-14(19)15(5-2)6-8-16-9-7-15/h10,16H,4-9,11H2,1-3H3. The Bertz CT molecular complexity index is 444. The molecule has 0 amide bonds. The Balaban J connectivity index is 2.12. The summed E-state index contributed by atoms with van der Waals surface area (Å²) in [4.78, 5) is 12.7. The molecule has 1 aliphatic rings. The van der Waals surface area contributed by atoms with Crippen molar-refractivity contribution in [1.82, 2.24) is 15.1 Å². The van der Waals surface area contributed by atoms with Gasteiger partial charge in [-0.15, -0.1) is 0 Å². The molecule has 1 N–H and O–H groups in total. The normalized spacial score (nSPS) is 18.5. The van der Waals surface area contributed by atoms with E-state index in [9.17, 15) is 4.79 Å². The lowest BCUT2D eigenvalue weighted by atomic mass is 9.72. The molecule has 19 heavy (non-hydrogen) atoms. The summed E-state index contributed by atoms with van der Waals surface area (Å²) in [6.07, 6.45) is 4.34. The number of Topliss-reactive ketones (excluding diaryl/α,β-unsaturated/α-hetero) is 1. The van der Waals surface area contributed by atoms with Crippen molar-refractivity contribution < 1.29 is 4.79 Å². The van der Waals surface area contributed by atoms with Crippen LogP contribution in [0.4, 0.5) is 0 Å². The Morgan fingerprint density at radius 2 is 2.11 bits per heavy atom. The Morgan fingerprint density at radius 1 is 1.42 bits per heavy atom. The topological polar surface area (TPSA) is 46.9 Å². The van der Waals surface area contributed by atoms with Crippen molar-refractivity contribution >= 4 is 5.78 Å². The van der Waals surface area contributed by atoms with Crippen LogP contribution in [0.3, 0.4) is 0 Å². The number of ketones is 1. The molecule has 4 nitrogen and oxygen atoms in total. The van der Waals surface area contributed by atoms with Gasteiger partial charge in [0, 0.05) is 24.6 Å². The van der Waals surface area contributed by atoms with Gasteiger partial charge in [0.25, 0.3) is 0 Å². The number of aromatic nitrogens is 2. The Labute approximate surface area is 115 Å². The van der Waals surface area contributed by atoms with E-state index in [1.165, 1.54) is 0 Å². The van der Waals surface area contributed by atoms with Gasteiger partial charge in [0.05, 0.1) is 5.69 Å². The van der Waals surface area contributed by atoms with Crippen LogP contribution in [0.25, 0.3) is 0 Å². The van der Waals surface area contributed by atoms with E-state index in [-0.39, 0.29) is 5.41 Å². The summed E-state index contributed by atoms with van der Waals surface area (Å²) in [5, 5.41) is 7.78. The zero-order valence-corrected chi connectivity index (χ0v) is 12.3. The van der Waals surface area contributed by atoms with Crippen LogP contribution in [0, 0.1) is 5.41 Å². The van der Waals surface area contributed by atoms with Crippen molar-refractivity contribution in [1.29, 1.82) is 0 Å². The van der Waals surface area contributed by atoms with Gasteiger partial charge in [-0.05, 0) is 44.8 Å². The Hall–Kier alpha value is -1.16. The van der Waals surface area contributed by atoms with Crippen LogP contribution >= 0.6 is 0 Å². The average molecular weight is 263 g/mol. The molecule has 1 aromatic rings. The number of nitrogens with one attached hydrogen (secondary N) is 1. The molecular formula is C15H25N3O. The van der Waals surface area contributed by atoms with E-state index in [4.69, 9.17) is 0 Å². The quantitative estimate of drug-likeness (QED) is 0.882. The van der Waals surface area contributed by atoms with E-state index < -0.39 is 0 Å². The van der Waals surface area contributed by atoms with Gasteiger partial charge < -0.3 is 5.32 Å². The van der Waals surface area contributed by atoms with Gasteiger partial charge in [-0.25, -0.2) is 0 Å². The third-order valence-electron chi connectivity index (χ3n) is 4.56. The molecule has 4 heteroatoms. The molecule has 2 heterocycles. The number of nitrogens with zero attached hydrogens (tertiary/aromatic N) is 2. The van der Waals surface area contributed by atoms with Crippen molar-refractivity contribution in [2.45, 2.75) is 46.0 Å². The van der Waals surface area contributed by atoms with E-state index in [2.05, 4.69) is 30.3 Å². The number of hydrogen-bond acceptors (Lipinski definition) is 3. The minimum atomic E-state index is -0.109. The number of piperidine rings is 1. The van der Waals surface area contributed by atoms with E-state index in [0.717, 1.165) is 50.2 Å². The first-order valence-corrected chi connectivity index (χ1v) is 7.37. The van der Waals surface area contributed by atoms with E-state index in [1.807, 2.05) is 11.7 Å². The second kappa shape index (κ2) is 5.87. The molecule has 1 saturated heterocycles. The van der Waals surface area contributed by atoms with Crippen molar-refractivity contribution in [2.24, 2.45) is 12.5 Å². The second-order valence-electron chi connectivity index (χ2n) is 5.59. The largest absolute Gasteiger partial charge is 0.317 e. The fourth-order valence-corrected chi connectivity index (χ4v) is 3.00. The SMILES string of the molecule is CCc1cc(CC(=O)C2(CC)CCNCC2)n(C)n1. The summed E-state index contributed by atoms with van der Waals surface area (Å²) >= 11 is 0. The van der Waals surface area contributed by atoms with Crippen molar-refractivity contribution in [3.8, 4) is 0 Å². The summed E-state index contributed by atoms with van der Waals surface area (Å²) in [6.45, 7) is 6.16. The van der Waals surface area contributed by atoms with Gasteiger partial charge in [-0.2, -0.15) is 5.10 Å². The number of aryl methyl sites for hydroxylation is 2. The highest BCUT2D eigenvalue weighted by Crippen LogP contribution is 2.34. The molecule has 2 rings (SSSR count). The lowest BCUT2D eigenvalue weighted by Crippen LogP contribution is -2.42. The number of rotatable bonds is 5. The third-order valence-corrected chi connectivity index (χ3v) is 4.56. The van der Waals surface area contributed by atoms with Crippen molar-refractivity contribution in [2.75, 3.05) is 13.1 Å². The van der Waals surface area contributed by atoms with Crippen LogP contribution in [-0.4, -0.2) is 28.7 Å². The molecule has 0 unspecified atom stereocenters. The average Bonchev–Trinajstić information content (AvgIpc) is 2.80. The maximum absolute atomic E-state index is 12.7. The second-order valence-corrected chi connectivity index (χ2v) is 5.59. The predicted molar refractivity (Wildman–Crippen MR) is 76.1 cm³/mol. The minimum Gasteiger partial charge on any atom is -0.317 e. The maximum atomic E-state index is 12.7. The lowest BCUT2D eigenvalue weighted by Gasteiger charge is -2.35. The van der Waals surface area contributed by atoms with Gasteiger partial charge in [0.2, 0.25) is 0 Å². The molecular weight excluding hydrogens is 238 g/mol. The molecule has 0 atom stereocenters. The van der Waals surface area contributed by atoms with Gasteiger partial charge in [-0.3, -0.25) is 9.48 Å².